The van der Waals surface area contributed by atoms with Crippen molar-refractivity contribution in [3.63, 3.8) is 0 Å². The lowest BCUT2D eigenvalue weighted by atomic mass is 10.2. The van der Waals surface area contributed by atoms with Crippen molar-refractivity contribution in [2.24, 2.45) is 0 Å². The monoisotopic (exact) mass is 244 g/mol. The summed E-state index contributed by atoms with van der Waals surface area (Å²) in [6.45, 7) is 0. The van der Waals surface area contributed by atoms with Gasteiger partial charge in [-0.3, -0.25) is 4.84 Å². The van der Waals surface area contributed by atoms with Gasteiger partial charge in [0.25, 0.3) is 5.52 Å². The second kappa shape index (κ2) is 4.12. The lowest BCUT2D eigenvalue weighted by Gasteiger charge is -2.08. The highest BCUT2D eigenvalue weighted by Crippen LogP contribution is 2.25. The highest BCUT2D eigenvalue weighted by Gasteiger charge is 2.31. The zero-order valence-electron chi connectivity index (χ0n) is 8.86. The number of halogens is 3. The van der Waals surface area contributed by atoms with Gasteiger partial charge in [-0.1, -0.05) is 0 Å². The summed E-state index contributed by atoms with van der Waals surface area (Å²) in [6, 6.07) is 7.39. The van der Waals surface area contributed by atoms with Crippen molar-refractivity contribution in [2.75, 3.05) is 7.11 Å². The molecule has 17 heavy (non-hydrogen) atoms. The molecule has 0 N–H and O–H groups in total. The van der Waals surface area contributed by atoms with Crippen LogP contribution in [0.25, 0.3) is 10.9 Å². The Morgan fingerprint density at radius 1 is 1.18 bits per heavy atom. The fraction of sp³-hybridized carbons (Fsp3) is 0.182. The van der Waals surface area contributed by atoms with E-state index in [1.54, 1.807) is 18.3 Å². The third-order valence-corrected chi connectivity index (χ3v) is 2.16. The first-order valence-electron chi connectivity index (χ1n) is 4.74. The van der Waals surface area contributed by atoms with Gasteiger partial charge in [0.15, 0.2) is 0 Å². The predicted octanol–water partition coefficient (Wildman–Crippen LogP) is 2.08. The van der Waals surface area contributed by atoms with E-state index in [2.05, 4.69) is 4.74 Å². The van der Waals surface area contributed by atoms with Crippen LogP contribution in [0.5, 0.6) is 5.75 Å². The van der Waals surface area contributed by atoms with Crippen molar-refractivity contribution < 1.29 is 27.5 Å². The number of nitrogens with zero attached hydrogens (tertiary/aromatic N) is 1. The molecule has 0 aliphatic carbocycles. The van der Waals surface area contributed by atoms with Crippen LogP contribution in [0.4, 0.5) is 13.2 Å². The van der Waals surface area contributed by atoms with E-state index in [-0.39, 0.29) is 5.75 Å². The second-order valence-electron chi connectivity index (χ2n) is 3.28. The van der Waals surface area contributed by atoms with Crippen molar-refractivity contribution in [3.8, 4) is 5.75 Å². The van der Waals surface area contributed by atoms with Gasteiger partial charge in [-0.2, -0.15) is 0 Å². The SMILES string of the molecule is CO[n+]1cccc2cc(OC(F)(F)F)ccc21. The minimum atomic E-state index is -4.68. The zero-order valence-corrected chi connectivity index (χ0v) is 8.86. The number of aromatic nitrogens is 1. The van der Waals surface area contributed by atoms with E-state index >= 15 is 0 Å². The molecule has 6 heteroatoms. The van der Waals surface area contributed by atoms with Gasteiger partial charge in [0.1, 0.15) is 12.9 Å². The molecule has 0 radical (unpaired) electrons. The number of hydrogen-bond donors (Lipinski definition) is 0. The summed E-state index contributed by atoms with van der Waals surface area (Å²) in [5, 5.41) is 0.594. The number of pyridine rings is 1. The van der Waals surface area contributed by atoms with Gasteiger partial charge in [-0.15, -0.1) is 13.2 Å². The minimum Gasteiger partial charge on any atom is -0.406 e. The first-order valence-corrected chi connectivity index (χ1v) is 4.74. The molecular weight excluding hydrogens is 235 g/mol. The number of benzene rings is 1. The van der Waals surface area contributed by atoms with E-state index in [1.165, 1.54) is 30.0 Å². The molecule has 0 saturated heterocycles. The van der Waals surface area contributed by atoms with Crippen molar-refractivity contribution in [2.45, 2.75) is 6.36 Å². The molecule has 0 aliphatic heterocycles. The van der Waals surface area contributed by atoms with Crippen molar-refractivity contribution in [1.29, 1.82) is 0 Å². The average Bonchev–Trinajstić information content (AvgIpc) is 2.25. The highest BCUT2D eigenvalue weighted by molar-refractivity contribution is 5.77. The van der Waals surface area contributed by atoms with Crippen LogP contribution in [0.3, 0.4) is 0 Å². The van der Waals surface area contributed by atoms with Crippen molar-refractivity contribution in [1.82, 2.24) is 0 Å². The quantitative estimate of drug-likeness (QED) is 0.755. The Bertz CT molecular complexity index is 540. The molecule has 0 aliphatic rings. The van der Waals surface area contributed by atoms with Gasteiger partial charge < -0.3 is 4.74 Å². The Balaban J connectivity index is 2.45. The highest BCUT2D eigenvalue weighted by atomic mass is 19.4. The fourth-order valence-corrected chi connectivity index (χ4v) is 1.53. The number of fused-ring (bicyclic) bond motifs is 1. The lowest BCUT2D eigenvalue weighted by molar-refractivity contribution is -0.865. The van der Waals surface area contributed by atoms with Crippen LogP contribution in [0.15, 0.2) is 36.5 Å². The summed E-state index contributed by atoms with van der Waals surface area (Å²) in [7, 11) is 1.47. The molecule has 3 nitrogen and oxygen atoms in total. The van der Waals surface area contributed by atoms with Crippen LogP contribution in [0, 0.1) is 0 Å². The first-order chi connectivity index (χ1) is 7.99. The van der Waals surface area contributed by atoms with Gasteiger partial charge in [0, 0.05) is 16.9 Å². The molecule has 90 valence electrons. The molecule has 0 saturated carbocycles. The number of ether oxygens (including phenoxy) is 1. The van der Waals surface area contributed by atoms with E-state index in [0.717, 1.165) is 0 Å². The van der Waals surface area contributed by atoms with Gasteiger partial charge in [0.05, 0.1) is 5.39 Å². The largest absolute Gasteiger partial charge is 0.573 e. The summed E-state index contributed by atoms with van der Waals surface area (Å²) in [4.78, 5) is 5.02. The van der Waals surface area contributed by atoms with Crippen LogP contribution >= 0.6 is 0 Å². The molecule has 0 bridgehead atoms. The third kappa shape index (κ3) is 2.58. The lowest BCUT2D eigenvalue weighted by Crippen LogP contribution is -2.40. The molecule has 0 unspecified atom stereocenters. The van der Waals surface area contributed by atoms with Crippen LogP contribution in [0.2, 0.25) is 0 Å². The van der Waals surface area contributed by atoms with Crippen molar-refractivity contribution in [3.05, 3.63) is 36.5 Å². The maximum Gasteiger partial charge on any atom is 0.573 e. The van der Waals surface area contributed by atoms with E-state index < -0.39 is 6.36 Å². The molecule has 1 heterocycles. The first kappa shape index (κ1) is 11.5. The number of hydrogen-bond acceptors (Lipinski definition) is 2. The van der Waals surface area contributed by atoms with Gasteiger partial charge in [-0.25, -0.2) is 0 Å². The van der Waals surface area contributed by atoms with Gasteiger partial charge in [-0.05, 0) is 18.2 Å². The summed E-state index contributed by atoms with van der Waals surface area (Å²) < 4.78 is 41.4. The topological polar surface area (TPSA) is 22.3 Å². The van der Waals surface area contributed by atoms with Crippen LogP contribution < -0.4 is 14.3 Å². The Morgan fingerprint density at radius 3 is 2.59 bits per heavy atom. The maximum absolute atomic E-state index is 12.0. The number of rotatable bonds is 2. The number of alkyl halides is 3. The molecule has 0 fully saturated rings. The van der Waals surface area contributed by atoms with E-state index in [9.17, 15) is 13.2 Å². The maximum atomic E-state index is 12.0. The molecule has 1 aromatic carbocycles. The standard InChI is InChI=1S/C11H9F3NO2/c1-16-15-6-2-3-8-7-9(4-5-10(8)15)17-11(12,13)14/h2-7H,1H3/q+1. The third-order valence-electron chi connectivity index (χ3n) is 2.16. The molecule has 1 aromatic heterocycles. The molecule has 2 aromatic rings. The van der Waals surface area contributed by atoms with Crippen LogP contribution in [0.1, 0.15) is 0 Å². The van der Waals surface area contributed by atoms with Crippen molar-refractivity contribution >= 4 is 10.9 Å². The van der Waals surface area contributed by atoms with E-state index in [1.807, 2.05) is 0 Å². The Labute approximate surface area is 95.0 Å². The summed E-state index contributed by atoms with van der Waals surface area (Å²) in [5.74, 6) is -0.251. The van der Waals surface area contributed by atoms with E-state index in [0.29, 0.717) is 10.9 Å². The summed E-state index contributed by atoms with van der Waals surface area (Å²) >= 11 is 0. The van der Waals surface area contributed by atoms with Gasteiger partial charge in [0.2, 0.25) is 6.20 Å². The Morgan fingerprint density at radius 2 is 1.94 bits per heavy atom. The molecule has 0 amide bonds. The minimum absolute atomic E-state index is 0.251. The smallest absolute Gasteiger partial charge is 0.406 e. The normalized spacial score (nSPS) is 11.5. The Kier molecular flexibility index (Phi) is 2.79. The van der Waals surface area contributed by atoms with Gasteiger partial charge >= 0.3 is 6.36 Å². The van der Waals surface area contributed by atoms with E-state index in [4.69, 9.17) is 4.84 Å². The van der Waals surface area contributed by atoms with Crippen LogP contribution in [-0.2, 0) is 0 Å². The molecule has 2 rings (SSSR count). The Hall–Kier alpha value is -1.98. The fourth-order valence-electron chi connectivity index (χ4n) is 1.53. The average molecular weight is 244 g/mol. The predicted molar refractivity (Wildman–Crippen MR) is 53.3 cm³/mol. The summed E-state index contributed by atoms with van der Waals surface area (Å²) in [5.41, 5.74) is 0.657. The summed E-state index contributed by atoms with van der Waals surface area (Å²) in [6.07, 6.45) is -3.02. The molecule has 0 atom stereocenters. The molecule has 0 spiro atoms. The zero-order chi connectivity index (χ0) is 12.5. The van der Waals surface area contributed by atoms with Crippen LogP contribution in [-0.4, -0.2) is 13.5 Å². The molecular formula is C11H9F3NO2+. The second-order valence-corrected chi connectivity index (χ2v) is 3.28.